The van der Waals surface area contributed by atoms with Gasteiger partial charge in [0.15, 0.2) is 0 Å². The summed E-state index contributed by atoms with van der Waals surface area (Å²) in [6.07, 6.45) is 7.13. The molecule has 0 saturated carbocycles. The third-order valence-corrected chi connectivity index (χ3v) is 5.07. The average Bonchev–Trinajstić information content (AvgIpc) is 2.48. The van der Waals surface area contributed by atoms with Crippen LogP contribution in [-0.2, 0) is 6.54 Å². The van der Waals surface area contributed by atoms with Crippen molar-refractivity contribution >= 4 is 0 Å². The molecular weight excluding hydrogens is 244 g/mol. The highest BCUT2D eigenvalue weighted by atomic mass is 15.2. The molecule has 0 aromatic heterocycles. The minimum Gasteiger partial charge on any atom is -0.302 e. The van der Waals surface area contributed by atoms with Gasteiger partial charge in [0.2, 0.25) is 0 Å². The van der Waals surface area contributed by atoms with Crippen molar-refractivity contribution in [2.75, 3.05) is 26.7 Å². The largest absolute Gasteiger partial charge is 0.302 e. The molecule has 3 rings (SSSR count). The number of piperidine rings is 2. The molecule has 0 bridgehead atoms. The molecule has 2 saturated heterocycles. The second-order valence-electron chi connectivity index (χ2n) is 6.68. The number of benzene rings is 1. The van der Waals surface area contributed by atoms with Gasteiger partial charge >= 0.3 is 0 Å². The third-order valence-electron chi connectivity index (χ3n) is 5.07. The Kier molecular flexibility index (Phi) is 4.74. The number of rotatable bonds is 4. The summed E-state index contributed by atoms with van der Waals surface area (Å²) in [5.74, 6) is 0.887. The Morgan fingerprint density at radius 3 is 2.70 bits per heavy atom. The lowest BCUT2D eigenvalue weighted by Gasteiger charge is -2.45. The molecule has 0 aliphatic carbocycles. The fourth-order valence-corrected chi connectivity index (χ4v) is 4.15. The van der Waals surface area contributed by atoms with Crippen molar-refractivity contribution in [1.82, 2.24) is 9.80 Å². The van der Waals surface area contributed by atoms with Crippen molar-refractivity contribution in [2.45, 2.75) is 44.7 Å². The van der Waals surface area contributed by atoms with Gasteiger partial charge in [0, 0.05) is 19.1 Å². The predicted octanol–water partition coefficient (Wildman–Crippen LogP) is 3.38. The summed E-state index contributed by atoms with van der Waals surface area (Å²) in [5.41, 5.74) is 1.44. The molecule has 2 heterocycles. The van der Waals surface area contributed by atoms with Gasteiger partial charge in [-0.25, -0.2) is 0 Å². The Hall–Kier alpha value is -0.860. The normalized spacial score (nSPS) is 27.5. The molecule has 0 spiro atoms. The number of hydrogen-bond donors (Lipinski definition) is 0. The van der Waals surface area contributed by atoms with E-state index in [1.54, 1.807) is 0 Å². The summed E-state index contributed by atoms with van der Waals surface area (Å²) in [5, 5.41) is 0. The Bertz CT molecular complexity index is 401. The summed E-state index contributed by atoms with van der Waals surface area (Å²) >= 11 is 0. The predicted molar refractivity (Wildman–Crippen MR) is 84.7 cm³/mol. The van der Waals surface area contributed by atoms with Gasteiger partial charge < -0.3 is 9.80 Å². The van der Waals surface area contributed by atoms with E-state index in [1.807, 2.05) is 0 Å². The molecule has 0 amide bonds. The Morgan fingerprint density at radius 2 is 1.85 bits per heavy atom. The summed E-state index contributed by atoms with van der Waals surface area (Å²) < 4.78 is 0. The number of nitrogens with zero attached hydrogens (tertiary/aromatic N) is 2. The van der Waals surface area contributed by atoms with Crippen LogP contribution in [0.5, 0.6) is 0 Å². The molecule has 20 heavy (non-hydrogen) atoms. The third kappa shape index (κ3) is 3.42. The van der Waals surface area contributed by atoms with Crippen LogP contribution in [0.1, 0.15) is 37.7 Å². The van der Waals surface area contributed by atoms with E-state index in [4.69, 9.17) is 0 Å². The molecule has 0 unspecified atom stereocenters. The molecule has 1 aromatic rings. The standard InChI is InChI=1S/C18H28N2/c1-19(14-16-8-3-2-4-9-16)15-17-10-7-13-20-12-6-5-11-18(17)20/h2-4,8-9,17-18H,5-7,10-15H2,1H3/t17-,18+/m0/s1. The maximum Gasteiger partial charge on any atom is 0.0230 e. The summed E-state index contributed by atoms with van der Waals surface area (Å²) in [7, 11) is 2.29. The minimum atomic E-state index is 0.871. The van der Waals surface area contributed by atoms with Crippen LogP contribution in [0, 0.1) is 5.92 Å². The van der Waals surface area contributed by atoms with Gasteiger partial charge in [-0.2, -0.15) is 0 Å². The second-order valence-corrected chi connectivity index (χ2v) is 6.68. The molecule has 2 heteroatoms. The van der Waals surface area contributed by atoms with Crippen LogP contribution < -0.4 is 0 Å². The fourth-order valence-electron chi connectivity index (χ4n) is 4.15. The number of hydrogen-bond acceptors (Lipinski definition) is 2. The molecule has 110 valence electrons. The van der Waals surface area contributed by atoms with Crippen molar-refractivity contribution in [3.05, 3.63) is 35.9 Å². The first-order valence-electron chi connectivity index (χ1n) is 8.29. The molecule has 2 fully saturated rings. The van der Waals surface area contributed by atoms with Gasteiger partial charge in [-0.1, -0.05) is 36.8 Å². The fraction of sp³-hybridized carbons (Fsp3) is 0.667. The van der Waals surface area contributed by atoms with Gasteiger partial charge in [-0.3, -0.25) is 0 Å². The zero-order valence-corrected chi connectivity index (χ0v) is 12.8. The van der Waals surface area contributed by atoms with Crippen LogP contribution in [0.15, 0.2) is 30.3 Å². The summed E-state index contributed by atoms with van der Waals surface area (Å²) in [4.78, 5) is 5.30. The van der Waals surface area contributed by atoms with Crippen LogP contribution >= 0.6 is 0 Å². The van der Waals surface area contributed by atoms with E-state index in [-0.39, 0.29) is 0 Å². The van der Waals surface area contributed by atoms with Crippen molar-refractivity contribution < 1.29 is 0 Å². The van der Waals surface area contributed by atoms with Gasteiger partial charge in [0.1, 0.15) is 0 Å². The molecular formula is C18H28N2. The van der Waals surface area contributed by atoms with E-state index in [0.717, 1.165) is 18.5 Å². The monoisotopic (exact) mass is 272 g/mol. The molecule has 2 aliphatic heterocycles. The van der Waals surface area contributed by atoms with E-state index < -0.39 is 0 Å². The first kappa shape index (κ1) is 14.1. The lowest BCUT2D eigenvalue weighted by atomic mass is 9.83. The molecule has 2 atom stereocenters. The summed E-state index contributed by atoms with van der Waals surface area (Å²) in [6.45, 7) is 5.05. The summed E-state index contributed by atoms with van der Waals surface area (Å²) in [6, 6.07) is 11.7. The minimum absolute atomic E-state index is 0.871. The molecule has 1 aromatic carbocycles. The van der Waals surface area contributed by atoms with Crippen molar-refractivity contribution in [1.29, 1.82) is 0 Å². The first-order chi connectivity index (χ1) is 9.83. The van der Waals surface area contributed by atoms with Gasteiger partial charge in [-0.05, 0) is 57.3 Å². The average molecular weight is 272 g/mol. The molecule has 2 aliphatic rings. The van der Waals surface area contributed by atoms with E-state index >= 15 is 0 Å². The maximum absolute atomic E-state index is 2.77. The first-order valence-corrected chi connectivity index (χ1v) is 8.29. The number of fused-ring (bicyclic) bond motifs is 1. The van der Waals surface area contributed by atoms with Gasteiger partial charge in [0.25, 0.3) is 0 Å². The topological polar surface area (TPSA) is 6.48 Å². The SMILES string of the molecule is CN(Cc1ccccc1)C[C@@H]1CCCN2CCCC[C@H]12. The van der Waals surface area contributed by atoms with Crippen LogP contribution in [0.3, 0.4) is 0 Å². The lowest BCUT2D eigenvalue weighted by Crippen LogP contribution is -2.50. The van der Waals surface area contributed by atoms with Crippen molar-refractivity contribution in [3.63, 3.8) is 0 Å². The zero-order valence-electron chi connectivity index (χ0n) is 12.8. The van der Waals surface area contributed by atoms with Crippen molar-refractivity contribution in [3.8, 4) is 0 Å². The molecule has 0 radical (unpaired) electrons. The highest BCUT2D eigenvalue weighted by molar-refractivity contribution is 5.14. The van der Waals surface area contributed by atoms with Crippen LogP contribution in [-0.4, -0.2) is 42.5 Å². The van der Waals surface area contributed by atoms with Crippen LogP contribution in [0.2, 0.25) is 0 Å². The quantitative estimate of drug-likeness (QED) is 0.829. The van der Waals surface area contributed by atoms with E-state index in [2.05, 4.69) is 47.2 Å². The highest BCUT2D eigenvalue weighted by Gasteiger charge is 2.33. The van der Waals surface area contributed by atoms with Crippen molar-refractivity contribution in [2.24, 2.45) is 5.92 Å². The highest BCUT2D eigenvalue weighted by Crippen LogP contribution is 2.31. The molecule has 0 N–H and O–H groups in total. The smallest absolute Gasteiger partial charge is 0.0230 e. The van der Waals surface area contributed by atoms with Gasteiger partial charge in [0.05, 0.1) is 0 Å². The Balaban J connectivity index is 1.56. The maximum atomic E-state index is 2.77. The Labute approximate surface area is 123 Å². The van der Waals surface area contributed by atoms with E-state index in [1.165, 1.54) is 57.3 Å². The van der Waals surface area contributed by atoms with E-state index in [0.29, 0.717) is 0 Å². The van der Waals surface area contributed by atoms with Crippen LogP contribution in [0.4, 0.5) is 0 Å². The molecule has 2 nitrogen and oxygen atoms in total. The Morgan fingerprint density at radius 1 is 1.05 bits per heavy atom. The second kappa shape index (κ2) is 6.73. The lowest BCUT2D eigenvalue weighted by molar-refractivity contribution is 0.0435. The van der Waals surface area contributed by atoms with E-state index in [9.17, 15) is 0 Å². The zero-order chi connectivity index (χ0) is 13.8. The van der Waals surface area contributed by atoms with Crippen LogP contribution in [0.25, 0.3) is 0 Å². The van der Waals surface area contributed by atoms with Gasteiger partial charge in [-0.15, -0.1) is 0 Å².